The fourth-order valence-electron chi connectivity index (χ4n) is 2.55. The molecule has 0 spiro atoms. The van der Waals surface area contributed by atoms with Crippen LogP contribution in [-0.4, -0.2) is 24.4 Å². The first kappa shape index (κ1) is 20.2. The van der Waals surface area contributed by atoms with E-state index in [1.54, 1.807) is 18.2 Å². The highest BCUT2D eigenvalue weighted by Gasteiger charge is 2.13. The number of carbonyl (C=O) groups is 3. The molecule has 2 rings (SSSR count). The molecule has 2 aromatic rings. The third-order valence-corrected chi connectivity index (χ3v) is 4.02. The van der Waals surface area contributed by atoms with Crippen molar-refractivity contribution in [1.29, 1.82) is 0 Å². The van der Waals surface area contributed by atoms with Gasteiger partial charge in [0.25, 0.3) is 5.91 Å². The summed E-state index contributed by atoms with van der Waals surface area (Å²) in [5.41, 5.74) is 2.96. The van der Waals surface area contributed by atoms with Gasteiger partial charge < -0.3 is 15.4 Å². The second-order valence-electron chi connectivity index (χ2n) is 6.22. The van der Waals surface area contributed by atoms with E-state index in [9.17, 15) is 14.4 Å². The van der Waals surface area contributed by atoms with Crippen LogP contribution in [0.2, 0.25) is 0 Å². The predicted molar refractivity (Wildman–Crippen MR) is 103 cm³/mol. The highest BCUT2D eigenvalue weighted by atomic mass is 16.5. The van der Waals surface area contributed by atoms with Gasteiger partial charge in [-0.25, -0.2) is 4.79 Å². The number of benzene rings is 2. The molecule has 0 saturated heterocycles. The monoisotopic (exact) mass is 368 g/mol. The Labute approximate surface area is 158 Å². The number of aryl methyl sites for hydroxylation is 1. The molecule has 0 fully saturated rings. The first-order valence-electron chi connectivity index (χ1n) is 8.82. The molecule has 0 saturated carbocycles. The average Bonchev–Trinajstić information content (AvgIpc) is 2.65. The van der Waals surface area contributed by atoms with Crippen LogP contribution in [0.4, 0.5) is 5.69 Å². The number of carbonyl (C=O) groups excluding carboxylic acids is 3. The lowest BCUT2D eigenvalue weighted by molar-refractivity contribution is -0.124. The van der Waals surface area contributed by atoms with E-state index in [0.717, 1.165) is 12.0 Å². The first-order valence-corrected chi connectivity index (χ1v) is 8.82. The molecule has 142 valence electrons. The summed E-state index contributed by atoms with van der Waals surface area (Å²) >= 11 is 0. The molecule has 0 aliphatic rings. The minimum Gasteiger partial charge on any atom is -0.452 e. The SMILES string of the molecule is CCc1ccc(C(C)NC(=O)COC(=O)c2cccc(NC(C)=O)c2)cc1. The van der Waals surface area contributed by atoms with Gasteiger partial charge in [0, 0.05) is 12.6 Å². The molecule has 0 aliphatic carbocycles. The van der Waals surface area contributed by atoms with Crippen LogP contribution >= 0.6 is 0 Å². The predicted octanol–water partition coefficient (Wildman–Crippen LogP) is 3.24. The van der Waals surface area contributed by atoms with E-state index in [1.807, 2.05) is 31.2 Å². The number of nitrogens with one attached hydrogen (secondary N) is 2. The maximum absolute atomic E-state index is 12.1. The van der Waals surface area contributed by atoms with E-state index in [-0.39, 0.29) is 30.0 Å². The van der Waals surface area contributed by atoms with Crippen LogP contribution in [0.1, 0.15) is 48.3 Å². The largest absolute Gasteiger partial charge is 0.452 e. The average molecular weight is 368 g/mol. The number of hydrogen-bond acceptors (Lipinski definition) is 4. The summed E-state index contributed by atoms with van der Waals surface area (Å²) in [5.74, 6) is -1.24. The topological polar surface area (TPSA) is 84.5 Å². The van der Waals surface area contributed by atoms with Crippen LogP contribution in [0.3, 0.4) is 0 Å². The Morgan fingerprint density at radius 1 is 1.07 bits per heavy atom. The van der Waals surface area contributed by atoms with Gasteiger partial charge in [0.15, 0.2) is 6.61 Å². The Balaban J connectivity index is 1.87. The zero-order valence-corrected chi connectivity index (χ0v) is 15.7. The molecule has 2 aromatic carbocycles. The summed E-state index contributed by atoms with van der Waals surface area (Å²) in [6, 6.07) is 14.2. The smallest absolute Gasteiger partial charge is 0.338 e. The third-order valence-electron chi connectivity index (χ3n) is 4.02. The highest BCUT2D eigenvalue weighted by Crippen LogP contribution is 2.14. The molecule has 27 heavy (non-hydrogen) atoms. The molecule has 0 radical (unpaired) electrons. The molecule has 6 nitrogen and oxygen atoms in total. The van der Waals surface area contributed by atoms with E-state index in [1.165, 1.54) is 18.6 Å². The van der Waals surface area contributed by atoms with Gasteiger partial charge in [-0.2, -0.15) is 0 Å². The normalized spacial score (nSPS) is 11.4. The Bertz CT molecular complexity index is 815. The molecule has 1 atom stereocenters. The van der Waals surface area contributed by atoms with Crippen LogP contribution in [0.15, 0.2) is 48.5 Å². The van der Waals surface area contributed by atoms with Crippen molar-refractivity contribution in [3.8, 4) is 0 Å². The number of rotatable bonds is 7. The standard InChI is InChI=1S/C21H24N2O4/c1-4-16-8-10-17(11-9-16)14(2)22-20(25)13-27-21(26)18-6-5-7-19(12-18)23-15(3)24/h5-12,14H,4,13H2,1-3H3,(H,22,25)(H,23,24). The van der Waals surface area contributed by atoms with Gasteiger partial charge in [0.05, 0.1) is 11.6 Å². The van der Waals surface area contributed by atoms with Crippen molar-refractivity contribution < 1.29 is 19.1 Å². The summed E-state index contributed by atoms with van der Waals surface area (Å²) in [7, 11) is 0. The van der Waals surface area contributed by atoms with Crippen molar-refractivity contribution in [2.45, 2.75) is 33.2 Å². The van der Waals surface area contributed by atoms with Crippen molar-refractivity contribution in [3.05, 3.63) is 65.2 Å². The molecule has 0 aromatic heterocycles. The maximum atomic E-state index is 12.1. The lowest BCUT2D eigenvalue weighted by atomic mass is 10.1. The summed E-state index contributed by atoms with van der Waals surface area (Å²) in [5, 5.41) is 5.40. The van der Waals surface area contributed by atoms with E-state index in [2.05, 4.69) is 17.6 Å². The van der Waals surface area contributed by atoms with Gasteiger partial charge >= 0.3 is 5.97 Å². The minimum absolute atomic E-state index is 0.190. The first-order chi connectivity index (χ1) is 12.9. The van der Waals surface area contributed by atoms with Gasteiger partial charge in [-0.3, -0.25) is 9.59 Å². The zero-order chi connectivity index (χ0) is 19.8. The Kier molecular flexibility index (Phi) is 7.11. The van der Waals surface area contributed by atoms with Crippen LogP contribution < -0.4 is 10.6 Å². The molecular weight excluding hydrogens is 344 g/mol. The number of amides is 2. The fraction of sp³-hybridized carbons (Fsp3) is 0.286. The van der Waals surface area contributed by atoms with Crippen molar-refractivity contribution in [1.82, 2.24) is 5.32 Å². The number of hydrogen-bond donors (Lipinski definition) is 2. The highest BCUT2D eigenvalue weighted by molar-refractivity contribution is 5.94. The molecular formula is C21H24N2O4. The number of anilines is 1. The summed E-state index contributed by atoms with van der Waals surface area (Å²) in [6.45, 7) is 4.96. The van der Waals surface area contributed by atoms with E-state index >= 15 is 0 Å². The van der Waals surface area contributed by atoms with E-state index in [4.69, 9.17) is 4.74 Å². The molecule has 0 heterocycles. The molecule has 0 bridgehead atoms. The van der Waals surface area contributed by atoms with Gasteiger partial charge in [0.2, 0.25) is 5.91 Å². The minimum atomic E-state index is -0.627. The quantitative estimate of drug-likeness (QED) is 0.735. The second kappa shape index (κ2) is 9.52. The molecule has 0 aliphatic heterocycles. The van der Waals surface area contributed by atoms with Crippen molar-refractivity contribution in [2.75, 3.05) is 11.9 Å². The van der Waals surface area contributed by atoms with Gasteiger partial charge in [-0.1, -0.05) is 37.3 Å². The van der Waals surface area contributed by atoms with E-state index in [0.29, 0.717) is 5.69 Å². The lowest BCUT2D eigenvalue weighted by Gasteiger charge is -2.15. The molecule has 2 N–H and O–H groups in total. The van der Waals surface area contributed by atoms with Crippen molar-refractivity contribution in [3.63, 3.8) is 0 Å². The van der Waals surface area contributed by atoms with Gasteiger partial charge in [-0.05, 0) is 42.7 Å². The van der Waals surface area contributed by atoms with Gasteiger partial charge in [-0.15, -0.1) is 0 Å². The van der Waals surface area contributed by atoms with Crippen molar-refractivity contribution >= 4 is 23.5 Å². The third kappa shape index (κ3) is 6.26. The molecule has 1 unspecified atom stereocenters. The maximum Gasteiger partial charge on any atom is 0.338 e. The fourth-order valence-corrected chi connectivity index (χ4v) is 2.55. The number of esters is 1. The summed E-state index contributed by atoms with van der Waals surface area (Å²) in [4.78, 5) is 35.2. The summed E-state index contributed by atoms with van der Waals surface area (Å²) in [6.07, 6.45) is 0.958. The molecule has 6 heteroatoms. The zero-order valence-electron chi connectivity index (χ0n) is 15.7. The van der Waals surface area contributed by atoms with Crippen LogP contribution in [0.5, 0.6) is 0 Å². The van der Waals surface area contributed by atoms with Gasteiger partial charge in [0.1, 0.15) is 0 Å². The Morgan fingerprint density at radius 2 is 1.78 bits per heavy atom. The van der Waals surface area contributed by atoms with Crippen molar-refractivity contribution in [2.24, 2.45) is 0 Å². The number of ether oxygens (including phenoxy) is 1. The van der Waals surface area contributed by atoms with Crippen LogP contribution in [0, 0.1) is 0 Å². The van der Waals surface area contributed by atoms with E-state index < -0.39 is 5.97 Å². The summed E-state index contributed by atoms with van der Waals surface area (Å²) < 4.78 is 5.06. The van der Waals surface area contributed by atoms with Crippen LogP contribution in [0.25, 0.3) is 0 Å². The Hall–Kier alpha value is -3.15. The van der Waals surface area contributed by atoms with Crippen LogP contribution in [-0.2, 0) is 20.7 Å². The molecule has 2 amide bonds. The lowest BCUT2D eigenvalue weighted by Crippen LogP contribution is -2.31. The Morgan fingerprint density at radius 3 is 2.41 bits per heavy atom. The second-order valence-corrected chi connectivity index (χ2v) is 6.22.